The second kappa shape index (κ2) is 6.92. The molecule has 0 atom stereocenters. The lowest BCUT2D eigenvalue weighted by atomic mass is 10.1. The number of aryl methyl sites for hydroxylation is 1. The van der Waals surface area contributed by atoms with Crippen LogP contribution in [0.15, 0.2) is 41.9 Å². The first-order chi connectivity index (χ1) is 11.2. The molecular formula is C19H20N2OS. The van der Waals surface area contributed by atoms with Crippen LogP contribution in [0.2, 0.25) is 0 Å². The van der Waals surface area contributed by atoms with Crippen LogP contribution in [0.25, 0.3) is 10.2 Å². The van der Waals surface area contributed by atoms with Crippen molar-refractivity contribution in [1.29, 1.82) is 0 Å². The lowest BCUT2D eigenvalue weighted by molar-refractivity contribution is 0.0982. The number of carbonyl (C=O) groups is 1. The van der Waals surface area contributed by atoms with Crippen molar-refractivity contribution in [2.45, 2.75) is 33.1 Å². The third-order valence-corrected chi connectivity index (χ3v) is 4.83. The molecule has 23 heavy (non-hydrogen) atoms. The van der Waals surface area contributed by atoms with E-state index in [0.717, 1.165) is 34.4 Å². The van der Waals surface area contributed by atoms with Gasteiger partial charge in [-0.2, -0.15) is 0 Å². The largest absolute Gasteiger partial charge is 0.353 e. The quantitative estimate of drug-likeness (QED) is 0.601. The molecule has 0 bridgehead atoms. The molecule has 0 saturated carbocycles. The minimum Gasteiger partial charge on any atom is -0.353 e. The number of aromatic nitrogens is 1. The second-order valence-electron chi connectivity index (χ2n) is 5.49. The van der Waals surface area contributed by atoms with E-state index in [2.05, 4.69) is 29.4 Å². The molecule has 0 aliphatic heterocycles. The Kier molecular flexibility index (Phi) is 4.72. The molecule has 0 saturated heterocycles. The highest BCUT2D eigenvalue weighted by molar-refractivity contribution is 7.17. The van der Waals surface area contributed by atoms with Crippen molar-refractivity contribution in [2.24, 2.45) is 0 Å². The van der Waals surface area contributed by atoms with E-state index >= 15 is 0 Å². The van der Waals surface area contributed by atoms with E-state index < -0.39 is 0 Å². The third-order valence-electron chi connectivity index (χ3n) is 3.91. The van der Waals surface area contributed by atoms with Crippen molar-refractivity contribution in [3.05, 3.63) is 53.0 Å². The highest BCUT2D eigenvalue weighted by Crippen LogP contribution is 2.34. The predicted octanol–water partition coefficient (Wildman–Crippen LogP) is 5.59. The molecule has 3 rings (SSSR count). The van der Waals surface area contributed by atoms with Crippen molar-refractivity contribution < 1.29 is 4.79 Å². The number of hydrogen-bond acceptors (Lipinski definition) is 4. The Morgan fingerprint density at radius 1 is 1.22 bits per heavy atom. The molecule has 0 spiro atoms. The normalized spacial score (nSPS) is 10.9. The van der Waals surface area contributed by atoms with Gasteiger partial charge in [0.2, 0.25) is 0 Å². The Morgan fingerprint density at radius 2 is 2.04 bits per heavy atom. The van der Waals surface area contributed by atoms with Gasteiger partial charge in [0.1, 0.15) is 0 Å². The first-order valence-electron chi connectivity index (χ1n) is 7.99. The van der Waals surface area contributed by atoms with E-state index in [1.807, 2.05) is 30.5 Å². The molecule has 1 aromatic carbocycles. The Hall–Kier alpha value is -2.20. The van der Waals surface area contributed by atoms with Gasteiger partial charge in [0.05, 0.1) is 21.5 Å². The van der Waals surface area contributed by atoms with Gasteiger partial charge in [-0.05, 0) is 35.9 Å². The number of nitrogens with one attached hydrogen (secondary N) is 1. The number of thiophene rings is 1. The summed E-state index contributed by atoms with van der Waals surface area (Å²) in [6, 6.07) is 10.2. The molecule has 4 heteroatoms. The Bertz CT molecular complexity index is 838. The molecular weight excluding hydrogens is 304 g/mol. The summed E-state index contributed by atoms with van der Waals surface area (Å²) in [5.41, 5.74) is 4.81. The zero-order chi connectivity index (χ0) is 16.2. The van der Waals surface area contributed by atoms with Gasteiger partial charge in [-0.25, -0.2) is 0 Å². The SMILES string of the molecule is CCCC(=O)c1cnc2ccsc2c1Nc1ccccc1CC. The molecule has 0 radical (unpaired) electrons. The predicted molar refractivity (Wildman–Crippen MR) is 98.0 cm³/mol. The van der Waals surface area contributed by atoms with Gasteiger partial charge in [0.25, 0.3) is 0 Å². The van der Waals surface area contributed by atoms with Gasteiger partial charge >= 0.3 is 0 Å². The van der Waals surface area contributed by atoms with Gasteiger partial charge in [0, 0.05) is 18.3 Å². The number of Topliss-reactive ketones (excluding diaryl/α,β-unsaturated/α-hetero) is 1. The Balaban J connectivity index is 2.12. The summed E-state index contributed by atoms with van der Waals surface area (Å²) in [5, 5.41) is 5.53. The number of rotatable bonds is 6. The molecule has 2 aromatic heterocycles. The minimum absolute atomic E-state index is 0.145. The number of pyridine rings is 1. The fourth-order valence-corrected chi connectivity index (χ4v) is 3.55. The van der Waals surface area contributed by atoms with Crippen LogP contribution in [-0.4, -0.2) is 10.8 Å². The smallest absolute Gasteiger partial charge is 0.166 e. The van der Waals surface area contributed by atoms with E-state index in [1.165, 1.54) is 5.56 Å². The van der Waals surface area contributed by atoms with Gasteiger partial charge < -0.3 is 5.32 Å². The Morgan fingerprint density at radius 3 is 2.83 bits per heavy atom. The van der Waals surface area contributed by atoms with E-state index in [4.69, 9.17) is 0 Å². The lowest BCUT2D eigenvalue weighted by Gasteiger charge is -2.15. The van der Waals surface area contributed by atoms with Crippen molar-refractivity contribution in [2.75, 3.05) is 5.32 Å². The summed E-state index contributed by atoms with van der Waals surface area (Å²) in [4.78, 5) is 16.9. The first kappa shape index (κ1) is 15.7. The number of benzene rings is 1. The van der Waals surface area contributed by atoms with Crippen LogP contribution in [0.5, 0.6) is 0 Å². The van der Waals surface area contributed by atoms with E-state index in [0.29, 0.717) is 12.0 Å². The zero-order valence-electron chi connectivity index (χ0n) is 13.4. The average Bonchev–Trinajstić information content (AvgIpc) is 3.05. The summed E-state index contributed by atoms with van der Waals surface area (Å²) in [7, 11) is 0. The fraction of sp³-hybridized carbons (Fsp3) is 0.263. The van der Waals surface area contributed by atoms with Gasteiger partial charge in [-0.1, -0.05) is 32.0 Å². The standard InChI is InChI=1S/C19H20N2OS/c1-3-7-17(22)14-12-20-16-10-11-23-19(16)18(14)21-15-9-6-5-8-13(15)4-2/h5-6,8-12H,3-4,7H2,1-2H3,(H,20,21). The summed E-state index contributed by atoms with van der Waals surface area (Å²) in [5.74, 6) is 0.145. The number of fused-ring (bicyclic) bond motifs is 1. The highest BCUT2D eigenvalue weighted by Gasteiger charge is 2.16. The Labute approximate surface area is 140 Å². The summed E-state index contributed by atoms with van der Waals surface area (Å²) >= 11 is 1.62. The van der Waals surface area contributed by atoms with E-state index in [1.54, 1.807) is 17.5 Å². The van der Waals surface area contributed by atoms with Gasteiger partial charge in [0.15, 0.2) is 5.78 Å². The molecule has 0 aliphatic carbocycles. The molecule has 3 aromatic rings. The van der Waals surface area contributed by atoms with Gasteiger partial charge in [-0.3, -0.25) is 9.78 Å². The van der Waals surface area contributed by atoms with Crippen molar-refractivity contribution in [1.82, 2.24) is 4.98 Å². The number of anilines is 2. The van der Waals surface area contributed by atoms with Crippen LogP contribution in [0.3, 0.4) is 0 Å². The maximum atomic E-state index is 12.5. The molecule has 0 fully saturated rings. The summed E-state index contributed by atoms with van der Waals surface area (Å²) in [6.45, 7) is 4.16. The highest BCUT2D eigenvalue weighted by atomic mass is 32.1. The third kappa shape index (κ3) is 3.13. The molecule has 0 amide bonds. The lowest BCUT2D eigenvalue weighted by Crippen LogP contribution is -2.05. The number of carbonyl (C=O) groups excluding carboxylic acids is 1. The monoisotopic (exact) mass is 324 g/mol. The first-order valence-corrected chi connectivity index (χ1v) is 8.86. The van der Waals surface area contributed by atoms with Crippen LogP contribution < -0.4 is 5.32 Å². The second-order valence-corrected chi connectivity index (χ2v) is 6.41. The van der Waals surface area contributed by atoms with Crippen LogP contribution in [-0.2, 0) is 6.42 Å². The number of ketones is 1. The van der Waals surface area contributed by atoms with Crippen molar-refractivity contribution in [3.63, 3.8) is 0 Å². The molecule has 1 N–H and O–H groups in total. The molecule has 118 valence electrons. The maximum Gasteiger partial charge on any atom is 0.166 e. The van der Waals surface area contributed by atoms with Crippen LogP contribution in [0, 0.1) is 0 Å². The molecule has 0 unspecified atom stereocenters. The topological polar surface area (TPSA) is 42.0 Å². The number of hydrogen-bond donors (Lipinski definition) is 1. The zero-order valence-corrected chi connectivity index (χ0v) is 14.2. The minimum atomic E-state index is 0.145. The van der Waals surface area contributed by atoms with E-state index in [9.17, 15) is 4.79 Å². The number of nitrogens with zero attached hydrogens (tertiary/aromatic N) is 1. The maximum absolute atomic E-state index is 12.5. The van der Waals surface area contributed by atoms with Crippen LogP contribution in [0.4, 0.5) is 11.4 Å². The van der Waals surface area contributed by atoms with Gasteiger partial charge in [-0.15, -0.1) is 11.3 Å². The summed E-state index contributed by atoms with van der Waals surface area (Å²) < 4.78 is 1.04. The van der Waals surface area contributed by atoms with Crippen LogP contribution in [0.1, 0.15) is 42.6 Å². The molecule has 2 heterocycles. The average molecular weight is 324 g/mol. The molecule has 0 aliphatic rings. The number of para-hydroxylation sites is 1. The summed E-state index contributed by atoms with van der Waals surface area (Å²) in [6.07, 6.45) is 4.04. The fourth-order valence-electron chi connectivity index (χ4n) is 2.69. The van der Waals surface area contributed by atoms with E-state index in [-0.39, 0.29) is 5.78 Å². The molecule has 3 nitrogen and oxygen atoms in total. The van der Waals surface area contributed by atoms with Crippen molar-refractivity contribution >= 4 is 38.7 Å². The van der Waals surface area contributed by atoms with Crippen LogP contribution >= 0.6 is 11.3 Å². The van der Waals surface area contributed by atoms with Crippen molar-refractivity contribution in [3.8, 4) is 0 Å².